The Kier molecular flexibility index (Phi) is 4.45. The molecule has 0 amide bonds. The number of hydrogen-bond donors (Lipinski definition) is 1. The summed E-state index contributed by atoms with van der Waals surface area (Å²) in [5.41, 5.74) is 0. The van der Waals surface area contributed by atoms with E-state index < -0.39 is 0 Å². The molecule has 0 radical (unpaired) electrons. The maximum Gasteiger partial charge on any atom is 0.168 e. The number of hydrogen-bond acceptors (Lipinski definition) is 2. The Labute approximate surface area is 85.4 Å². The Morgan fingerprint density at radius 3 is 3.00 bits per heavy atom. The Morgan fingerprint density at radius 1 is 1.69 bits per heavy atom. The largest absolute Gasteiger partial charge is 0.376 e. The van der Waals surface area contributed by atoms with Crippen LogP contribution in [0.2, 0.25) is 0 Å². The predicted octanol–water partition coefficient (Wildman–Crippen LogP) is 0.992. The quantitative estimate of drug-likeness (QED) is 0.690. The molecule has 0 aromatic carbocycles. The summed E-state index contributed by atoms with van der Waals surface area (Å²) < 4.78 is 5.52. The van der Waals surface area contributed by atoms with E-state index in [0.717, 1.165) is 24.8 Å². The van der Waals surface area contributed by atoms with E-state index in [-0.39, 0.29) is 0 Å². The second kappa shape index (κ2) is 5.40. The standard InChI is InChI=1S/C9H18N2OS/c1-3-10-9(13)11(2)7-8-5-4-6-12-8/h8H,3-7H2,1-2H3,(H,10,13). The molecule has 1 rings (SSSR count). The van der Waals surface area contributed by atoms with Gasteiger partial charge in [0.05, 0.1) is 6.10 Å². The van der Waals surface area contributed by atoms with Crippen molar-refractivity contribution in [1.29, 1.82) is 0 Å². The van der Waals surface area contributed by atoms with Crippen molar-refractivity contribution < 1.29 is 4.74 Å². The molecule has 1 atom stereocenters. The molecular weight excluding hydrogens is 184 g/mol. The first-order chi connectivity index (χ1) is 6.24. The van der Waals surface area contributed by atoms with Gasteiger partial charge in [0.1, 0.15) is 0 Å². The molecule has 1 saturated heterocycles. The molecule has 1 unspecified atom stereocenters. The Balaban J connectivity index is 2.22. The van der Waals surface area contributed by atoms with E-state index in [2.05, 4.69) is 10.2 Å². The topological polar surface area (TPSA) is 24.5 Å². The molecule has 0 aliphatic carbocycles. The van der Waals surface area contributed by atoms with E-state index in [1.54, 1.807) is 0 Å². The SMILES string of the molecule is CCNC(=S)N(C)CC1CCCO1. The van der Waals surface area contributed by atoms with Crippen LogP contribution in [0.4, 0.5) is 0 Å². The normalized spacial score (nSPS) is 21.5. The summed E-state index contributed by atoms with van der Waals surface area (Å²) >= 11 is 5.17. The Bertz CT molecular complexity index is 169. The molecule has 1 N–H and O–H groups in total. The molecule has 13 heavy (non-hydrogen) atoms. The summed E-state index contributed by atoms with van der Waals surface area (Å²) in [6.07, 6.45) is 2.73. The van der Waals surface area contributed by atoms with E-state index in [0.29, 0.717) is 6.10 Å². The molecule has 0 bridgehead atoms. The third-order valence-electron chi connectivity index (χ3n) is 2.18. The highest BCUT2D eigenvalue weighted by Gasteiger charge is 2.18. The fourth-order valence-corrected chi connectivity index (χ4v) is 1.68. The number of likely N-dealkylation sites (N-methyl/N-ethyl adjacent to an activating group) is 1. The van der Waals surface area contributed by atoms with Crippen molar-refractivity contribution in [3.63, 3.8) is 0 Å². The van der Waals surface area contributed by atoms with Crippen LogP contribution in [0.1, 0.15) is 19.8 Å². The number of nitrogens with one attached hydrogen (secondary N) is 1. The highest BCUT2D eigenvalue weighted by molar-refractivity contribution is 7.80. The Morgan fingerprint density at radius 2 is 2.46 bits per heavy atom. The maximum absolute atomic E-state index is 5.52. The second-order valence-electron chi connectivity index (χ2n) is 3.35. The lowest BCUT2D eigenvalue weighted by molar-refractivity contribution is 0.0957. The van der Waals surface area contributed by atoms with Crippen LogP contribution >= 0.6 is 12.2 Å². The molecule has 1 aliphatic rings. The third-order valence-corrected chi connectivity index (χ3v) is 2.63. The first kappa shape index (κ1) is 10.7. The molecule has 3 nitrogen and oxygen atoms in total. The average molecular weight is 202 g/mol. The molecular formula is C9H18N2OS. The van der Waals surface area contributed by atoms with Crippen molar-refractivity contribution >= 4 is 17.3 Å². The fourth-order valence-electron chi connectivity index (χ4n) is 1.46. The van der Waals surface area contributed by atoms with Crippen LogP contribution in [0.5, 0.6) is 0 Å². The predicted molar refractivity (Wildman–Crippen MR) is 57.9 cm³/mol. The molecule has 76 valence electrons. The van der Waals surface area contributed by atoms with Crippen LogP contribution in [-0.4, -0.2) is 42.9 Å². The van der Waals surface area contributed by atoms with E-state index in [1.807, 2.05) is 14.0 Å². The summed E-state index contributed by atoms with van der Waals surface area (Å²) in [6, 6.07) is 0. The monoisotopic (exact) mass is 202 g/mol. The lowest BCUT2D eigenvalue weighted by atomic mass is 10.2. The summed E-state index contributed by atoms with van der Waals surface area (Å²) in [6.45, 7) is 4.75. The third kappa shape index (κ3) is 3.48. The smallest absolute Gasteiger partial charge is 0.168 e. The lowest BCUT2D eigenvalue weighted by Gasteiger charge is -2.23. The minimum Gasteiger partial charge on any atom is -0.376 e. The van der Waals surface area contributed by atoms with Crippen molar-refractivity contribution in [3.05, 3.63) is 0 Å². The van der Waals surface area contributed by atoms with Crippen LogP contribution in [0, 0.1) is 0 Å². The fraction of sp³-hybridized carbons (Fsp3) is 0.889. The number of ether oxygens (including phenoxy) is 1. The summed E-state index contributed by atoms with van der Waals surface area (Å²) in [5, 5.41) is 3.94. The van der Waals surface area contributed by atoms with Gasteiger partial charge in [0.2, 0.25) is 0 Å². The van der Waals surface area contributed by atoms with Crippen molar-refractivity contribution in [2.45, 2.75) is 25.9 Å². The van der Waals surface area contributed by atoms with Gasteiger partial charge in [0.15, 0.2) is 5.11 Å². The zero-order valence-corrected chi connectivity index (χ0v) is 9.19. The molecule has 0 saturated carbocycles. The van der Waals surface area contributed by atoms with Gasteiger partial charge >= 0.3 is 0 Å². The average Bonchev–Trinajstić information content (AvgIpc) is 2.57. The van der Waals surface area contributed by atoms with Gasteiger partial charge in [0.25, 0.3) is 0 Å². The van der Waals surface area contributed by atoms with E-state index in [4.69, 9.17) is 17.0 Å². The minimum absolute atomic E-state index is 0.376. The molecule has 1 aliphatic heterocycles. The molecule has 0 aromatic rings. The van der Waals surface area contributed by atoms with Gasteiger partial charge in [-0.15, -0.1) is 0 Å². The van der Waals surface area contributed by atoms with E-state index in [9.17, 15) is 0 Å². The maximum atomic E-state index is 5.52. The van der Waals surface area contributed by atoms with Gasteiger partial charge < -0.3 is 15.0 Å². The zero-order valence-electron chi connectivity index (χ0n) is 8.38. The summed E-state index contributed by atoms with van der Waals surface area (Å²) in [7, 11) is 2.01. The van der Waals surface area contributed by atoms with Crippen LogP contribution in [-0.2, 0) is 4.74 Å². The number of thiocarbonyl (C=S) groups is 1. The van der Waals surface area contributed by atoms with Gasteiger partial charge in [-0.25, -0.2) is 0 Å². The van der Waals surface area contributed by atoms with Crippen LogP contribution < -0.4 is 5.32 Å². The van der Waals surface area contributed by atoms with Crippen molar-refractivity contribution in [2.24, 2.45) is 0 Å². The van der Waals surface area contributed by atoms with Crippen LogP contribution in [0.15, 0.2) is 0 Å². The highest BCUT2D eigenvalue weighted by atomic mass is 32.1. The van der Waals surface area contributed by atoms with Crippen LogP contribution in [0.3, 0.4) is 0 Å². The molecule has 1 heterocycles. The van der Waals surface area contributed by atoms with E-state index in [1.165, 1.54) is 12.8 Å². The van der Waals surface area contributed by atoms with Crippen molar-refractivity contribution in [1.82, 2.24) is 10.2 Å². The van der Waals surface area contributed by atoms with Gasteiger partial charge in [0, 0.05) is 26.7 Å². The number of nitrogens with zero attached hydrogens (tertiary/aromatic N) is 1. The molecule has 0 aromatic heterocycles. The zero-order chi connectivity index (χ0) is 9.68. The first-order valence-corrected chi connectivity index (χ1v) is 5.25. The summed E-state index contributed by atoms with van der Waals surface area (Å²) in [5.74, 6) is 0. The Hall–Kier alpha value is -0.350. The van der Waals surface area contributed by atoms with Crippen molar-refractivity contribution in [3.8, 4) is 0 Å². The summed E-state index contributed by atoms with van der Waals surface area (Å²) in [4.78, 5) is 2.05. The van der Waals surface area contributed by atoms with Crippen LogP contribution in [0.25, 0.3) is 0 Å². The first-order valence-electron chi connectivity index (χ1n) is 4.84. The van der Waals surface area contributed by atoms with Crippen molar-refractivity contribution in [2.75, 3.05) is 26.7 Å². The molecule has 0 spiro atoms. The second-order valence-corrected chi connectivity index (χ2v) is 3.74. The number of rotatable bonds is 3. The van der Waals surface area contributed by atoms with Gasteiger partial charge in [-0.3, -0.25) is 0 Å². The lowest BCUT2D eigenvalue weighted by Crippen LogP contribution is -2.40. The van der Waals surface area contributed by atoms with E-state index >= 15 is 0 Å². The van der Waals surface area contributed by atoms with Gasteiger partial charge in [-0.2, -0.15) is 0 Å². The van der Waals surface area contributed by atoms with Gasteiger partial charge in [-0.1, -0.05) is 0 Å². The van der Waals surface area contributed by atoms with Gasteiger partial charge in [-0.05, 0) is 32.0 Å². The minimum atomic E-state index is 0.376. The molecule has 4 heteroatoms. The molecule has 1 fully saturated rings. The highest BCUT2D eigenvalue weighted by Crippen LogP contribution is 2.12.